The van der Waals surface area contributed by atoms with Crippen molar-refractivity contribution in [1.29, 1.82) is 0 Å². The van der Waals surface area contributed by atoms with Crippen LogP contribution in [0.15, 0.2) is 36.4 Å². The third-order valence-corrected chi connectivity index (χ3v) is 7.98. The van der Waals surface area contributed by atoms with Gasteiger partial charge in [0, 0.05) is 42.9 Å². The number of fused-ring (bicyclic) bond motifs is 1. The van der Waals surface area contributed by atoms with Crippen LogP contribution < -0.4 is 15.1 Å². The number of para-hydroxylation sites is 1. The lowest BCUT2D eigenvalue weighted by atomic mass is 9.97. The van der Waals surface area contributed by atoms with E-state index in [2.05, 4.69) is 27.0 Å². The van der Waals surface area contributed by atoms with Crippen LogP contribution in [0.2, 0.25) is 0 Å². The number of rotatable bonds is 7. The first kappa shape index (κ1) is 34.5. The zero-order chi connectivity index (χ0) is 34.9. The lowest BCUT2D eigenvalue weighted by molar-refractivity contribution is -0.232. The van der Waals surface area contributed by atoms with Crippen LogP contribution in [0.4, 0.5) is 44.2 Å². The SMILES string of the molecule is CCCN1CCN(c2nc(-c3cc(C(=O)N(OC(=O)C(F)(F)F)C(C)C)ccc3C)c3c(n2)N(c2c(F)cccc2F)C(=O)NC3)CC1. The number of nitrogens with zero attached hydrogens (tertiary/aromatic N) is 6. The van der Waals surface area contributed by atoms with Crippen LogP contribution in [0.25, 0.3) is 11.3 Å². The van der Waals surface area contributed by atoms with Crippen molar-refractivity contribution in [3.63, 3.8) is 0 Å². The Labute approximate surface area is 273 Å². The molecule has 2 aliphatic heterocycles. The summed E-state index contributed by atoms with van der Waals surface area (Å²) in [7, 11) is 0. The van der Waals surface area contributed by atoms with Crippen LogP contribution in [0.1, 0.15) is 48.7 Å². The van der Waals surface area contributed by atoms with Crippen LogP contribution in [0.3, 0.4) is 0 Å². The maximum atomic E-state index is 15.1. The molecule has 3 heterocycles. The number of carbonyl (C=O) groups excluding carboxylic acids is 3. The zero-order valence-electron chi connectivity index (χ0n) is 26.7. The van der Waals surface area contributed by atoms with Crippen molar-refractivity contribution < 1.29 is 41.2 Å². The molecule has 0 bridgehead atoms. The number of urea groups is 1. The highest BCUT2D eigenvalue weighted by Crippen LogP contribution is 2.40. The van der Waals surface area contributed by atoms with Gasteiger partial charge in [0.05, 0.1) is 18.3 Å². The smallest absolute Gasteiger partial charge is 0.338 e. The van der Waals surface area contributed by atoms with Crippen molar-refractivity contribution in [2.75, 3.05) is 42.5 Å². The molecule has 0 saturated carbocycles. The number of piperazine rings is 1. The van der Waals surface area contributed by atoms with Crippen molar-refractivity contribution in [2.24, 2.45) is 0 Å². The van der Waals surface area contributed by atoms with Gasteiger partial charge in [-0.3, -0.25) is 9.69 Å². The third kappa shape index (κ3) is 6.88. The monoisotopic (exact) mass is 675 g/mol. The number of hydrogen-bond donors (Lipinski definition) is 1. The number of aromatic nitrogens is 2. The zero-order valence-corrected chi connectivity index (χ0v) is 26.7. The second-order valence-electron chi connectivity index (χ2n) is 11.7. The van der Waals surface area contributed by atoms with Crippen molar-refractivity contribution in [3.8, 4) is 11.3 Å². The Hall–Kier alpha value is -4.86. The summed E-state index contributed by atoms with van der Waals surface area (Å²) in [6.07, 6.45) is -4.37. The largest absolute Gasteiger partial charge is 0.493 e. The van der Waals surface area contributed by atoms with Crippen molar-refractivity contribution in [1.82, 2.24) is 25.2 Å². The van der Waals surface area contributed by atoms with E-state index in [0.29, 0.717) is 42.4 Å². The molecule has 2 aromatic carbocycles. The number of nitrogens with one attached hydrogen (secondary N) is 1. The number of carbonyl (C=O) groups is 3. The highest BCUT2D eigenvalue weighted by atomic mass is 19.4. The normalized spacial score (nSPS) is 15.3. The summed E-state index contributed by atoms with van der Waals surface area (Å²) < 4.78 is 69.3. The van der Waals surface area contributed by atoms with Crippen LogP contribution in [0.5, 0.6) is 0 Å². The van der Waals surface area contributed by atoms with E-state index in [9.17, 15) is 27.6 Å². The van der Waals surface area contributed by atoms with Gasteiger partial charge in [-0.05, 0) is 63.6 Å². The van der Waals surface area contributed by atoms with Gasteiger partial charge in [-0.15, -0.1) is 0 Å². The van der Waals surface area contributed by atoms with Crippen LogP contribution in [0, 0.1) is 18.6 Å². The van der Waals surface area contributed by atoms with Crippen molar-refractivity contribution >= 4 is 35.4 Å². The van der Waals surface area contributed by atoms with Gasteiger partial charge in [-0.25, -0.2) is 28.3 Å². The fraction of sp³-hybridized carbons (Fsp3) is 0.406. The Morgan fingerprint density at radius 3 is 2.31 bits per heavy atom. The van der Waals surface area contributed by atoms with E-state index in [4.69, 9.17) is 4.98 Å². The van der Waals surface area contributed by atoms with Crippen LogP contribution in [-0.4, -0.2) is 82.8 Å². The Morgan fingerprint density at radius 1 is 1.04 bits per heavy atom. The van der Waals surface area contributed by atoms with Gasteiger partial charge < -0.3 is 15.1 Å². The van der Waals surface area contributed by atoms with Crippen molar-refractivity contribution in [2.45, 2.75) is 52.9 Å². The van der Waals surface area contributed by atoms with Crippen LogP contribution in [-0.2, 0) is 16.2 Å². The highest BCUT2D eigenvalue weighted by molar-refractivity contribution is 6.02. The second-order valence-corrected chi connectivity index (χ2v) is 11.7. The molecule has 0 unspecified atom stereocenters. The molecule has 48 heavy (non-hydrogen) atoms. The second kappa shape index (κ2) is 13.7. The van der Waals surface area contributed by atoms with Gasteiger partial charge in [0.1, 0.15) is 17.3 Å². The molecule has 1 N–H and O–H groups in total. The van der Waals surface area contributed by atoms with E-state index < -0.39 is 47.4 Å². The topological polar surface area (TPSA) is 111 Å². The molecule has 0 aliphatic carbocycles. The summed E-state index contributed by atoms with van der Waals surface area (Å²) >= 11 is 0. The quantitative estimate of drug-likeness (QED) is 0.259. The Morgan fingerprint density at radius 2 is 1.71 bits per heavy atom. The van der Waals surface area contributed by atoms with E-state index in [1.54, 1.807) is 13.0 Å². The maximum absolute atomic E-state index is 15.1. The minimum Gasteiger partial charge on any atom is -0.338 e. The maximum Gasteiger partial charge on any atom is 0.493 e. The molecule has 256 valence electrons. The molecule has 11 nitrogen and oxygen atoms in total. The summed E-state index contributed by atoms with van der Waals surface area (Å²) in [5, 5.41) is 2.95. The van der Waals surface area contributed by atoms with E-state index in [1.165, 1.54) is 32.0 Å². The molecule has 2 aliphatic rings. The van der Waals surface area contributed by atoms with E-state index in [1.807, 2.05) is 4.90 Å². The predicted molar refractivity (Wildman–Crippen MR) is 165 cm³/mol. The number of alkyl halides is 3. The average molecular weight is 676 g/mol. The van der Waals surface area contributed by atoms with Gasteiger partial charge in [0.25, 0.3) is 5.91 Å². The minimum atomic E-state index is -5.34. The van der Waals surface area contributed by atoms with E-state index in [0.717, 1.165) is 30.0 Å². The third-order valence-electron chi connectivity index (χ3n) is 7.98. The molecule has 1 fully saturated rings. The lowest BCUT2D eigenvalue weighted by Gasteiger charge is -2.36. The van der Waals surface area contributed by atoms with E-state index in [-0.39, 0.29) is 35.1 Å². The number of aryl methyl sites for hydroxylation is 1. The summed E-state index contributed by atoms with van der Waals surface area (Å²) in [5.41, 5.74) is 0.652. The number of amides is 3. The Bertz CT molecular complexity index is 1710. The molecule has 0 radical (unpaired) electrons. The molecule has 1 saturated heterocycles. The standard InChI is InChI=1S/C32H34F5N7O4/c1-5-11-41-12-14-42(15-13-41)30-39-25(22-17-38-31(47)43(27(22)40-30)26-23(33)7-6-8-24(26)34)21-16-20(10-9-19(21)4)28(45)44(18(2)3)48-29(46)32(35,36)37/h6-10,16,18H,5,11-15,17H2,1-4H3,(H,38,47). The van der Waals surface area contributed by atoms with Crippen LogP contribution >= 0.6 is 0 Å². The first-order valence-corrected chi connectivity index (χ1v) is 15.3. The van der Waals surface area contributed by atoms with Gasteiger partial charge in [0.15, 0.2) is 5.82 Å². The molecule has 1 aromatic heterocycles. The molecular formula is C32H34F5N7O4. The summed E-state index contributed by atoms with van der Waals surface area (Å²) in [6, 6.07) is 5.70. The summed E-state index contributed by atoms with van der Waals surface area (Å²) in [4.78, 5) is 57.3. The fourth-order valence-electron chi connectivity index (χ4n) is 5.57. The van der Waals surface area contributed by atoms with Gasteiger partial charge in [-0.1, -0.05) is 19.1 Å². The molecule has 5 rings (SSSR count). The number of benzene rings is 2. The number of halogens is 5. The number of hydrogen-bond acceptors (Lipinski definition) is 8. The molecule has 0 atom stereocenters. The molecule has 0 spiro atoms. The molecular weight excluding hydrogens is 641 g/mol. The predicted octanol–water partition coefficient (Wildman–Crippen LogP) is 5.49. The van der Waals surface area contributed by atoms with Gasteiger partial charge in [0.2, 0.25) is 5.95 Å². The van der Waals surface area contributed by atoms with E-state index >= 15 is 8.78 Å². The molecule has 3 amide bonds. The Kier molecular flexibility index (Phi) is 9.84. The minimum absolute atomic E-state index is 0.0715. The lowest BCUT2D eigenvalue weighted by Crippen LogP contribution is -2.48. The van der Waals surface area contributed by atoms with Gasteiger partial charge in [-0.2, -0.15) is 23.2 Å². The van der Waals surface area contributed by atoms with Crippen molar-refractivity contribution in [3.05, 3.63) is 64.7 Å². The highest BCUT2D eigenvalue weighted by Gasteiger charge is 2.44. The summed E-state index contributed by atoms with van der Waals surface area (Å²) in [6.45, 7) is 9.73. The molecule has 3 aromatic rings. The Balaban J connectivity index is 1.66. The number of hydroxylamine groups is 2. The number of anilines is 3. The molecule has 16 heteroatoms. The first-order chi connectivity index (χ1) is 22.7. The average Bonchev–Trinajstić information content (AvgIpc) is 3.03. The summed E-state index contributed by atoms with van der Waals surface area (Å²) in [5.74, 6) is -5.48. The fourth-order valence-corrected chi connectivity index (χ4v) is 5.57. The van der Waals surface area contributed by atoms with Gasteiger partial charge >= 0.3 is 18.2 Å². The first-order valence-electron chi connectivity index (χ1n) is 15.3.